The number of nitrogens with zero attached hydrogens (tertiary/aromatic N) is 3. The second kappa shape index (κ2) is 6.96. The smallest absolute Gasteiger partial charge is 0.319 e. The summed E-state index contributed by atoms with van der Waals surface area (Å²) in [5, 5.41) is 14.1. The maximum atomic E-state index is 12.2. The fourth-order valence-corrected chi connectivity index (χ4v) is 2.86. The highest BCUT2D eigenvalue weighted by Crippen LogP contribution is 2.35. The number of hydrogen-bond donors (Lipinski definition) is 2. The number of ether oxygens (including phenoxy) is 2. The average molecular weight is 352 g/mol. The topological polar surface area (TPSA) is 90.3 Å². The molecule has 0 bridgehead atoms. The summed E-state index contributed by atoms with van der Waals surface area (Å²) in [7, 11) is 3.00. The van der Waals surface area contributed by atoms with Crippen LogP contribution < -0.4 is 20.1 Å². The van der Waals surface area contributed by atoms with Crippen LogP contribution in [0.2, 0.25) is 5.02 Å². The van der Waals surface area contributed by atoms with Crippen molar-refractivity contribution in [2.24, 2.45) is 0 Å². The van der Waals surface area contributed by atoms with E-state index < -0.39 is 0 Å². The molecule has 1 aromatic heterocycles. The molecule has 0 fully saturated rings. The maximum absolute atomic E-state index is 12.2. The number of aromatic nitrogens is 3. The molecule has 0 saturated heterocycles. The molecule has 0 aliphatic carbocycles. The summed E-state index contributed by atoms with van der Waals surface area (Å²) in [6.45, 7) is 1.19. The van der Waals surface area contributed by atoms with Crippen molar-refractivity contribution in [3.63, 3.8) is 0 Å². The summed E-state index contributed by atoms with van der Waals surface area (Å²) >= 11 is 6.05. The van der Waals surface area contributed by atoms with Crippen LogP contribution in [0.4, 0.5) is 10.5 Å². The molecule has 8 nitrogen and oxygen atoms in total. The van der Waals surface area contributed by atoms with E-state index in [1.54, 1.807) is 12.1 Å². The molecule has 3 rings (SSSR count). The number of methoxy groups -OCH3 is 2. The molecule has 2 heterocycles. The number of benzene rings is 1. The van der Waals surface area contributed by atoms with Crippen molar-refractivity contribution in [1.82, 2.24) is 20.1 Å². The van der Waals surface area contributed by atoms with E-state index in [-0.39, 0.29) is 6.03 Å². The Morgan fingerprint density at radius 3 is 2.83 bits per heavy atom. The first kappa shape index (κ1) is 16.4. The molecule has 0 saturated carbocycles. The van der Waals surface area contributed by atoms with E-state index in [0.717, 1.165) is 31.0 Å². The molecule has 24 heavy (non-hydrogen) atoms. The Morgan fingerprint density at radius 1 is 1.29 bits per heavy atom. The van der Waals surface area contributed by atoms with E-state index in [1.807, 2.05) is 4.57 Å². The maximum Gasteiger partial charge on any atom is 0.319 e. The lowest BCUT2D eigenvalue weighted by molar-refractivity contribution is 0.251. The van der Waals surface area contributed by atoms with Crippen molar-refractivity contribution in [2.45, 2.75) is 25.9 Å². The van der Waals surface area contributed by atoms with Crippen molar-refractivity contribution < 1.29 is 14.3 Å². The minimum atomic E-state index is -0.381. The second-order valence-corrected chi connectivity index (χ2v) is 5.69. The zero-order chi connectivity index (χ0) is 17.1. The fourth-order valence-electron chi connectivity index (χ4n) is 2.63. The van der Waals surface area contributed by atoms with Gasteiger partial charge in [0.2, 0.25) is 0 Å². The second-order valence-electron chi connectivity index (χ2n) is 5.28. The van der Waals surface area contributed by atoms with Gasteiger partial charge in [0.1, 0.15) is 17.3 Å². The van der Waals surface area contributed by atoms with Gasteiger partial charge in [-0.1, -0.05) is 11.6 Å². The summed E-state index contributed by atoms with van der Waals surface area (Å²) in [6, 6.07) is 2.81. The first-order valence-electron chi connectivity index (χ1n) is 7.49. The molecule has 1 aromatic carbocycles. The first-order chi connectivity index (χ1) is 11.6. The van der Waals surface area contributed by atoms with Crippen LogP contribution >= 0.6 is 11.6 Å². The molecular formula is C15H18ClN5O3. The Balaban J connectivity index is 1.66. The Labute approximate surface area is 144 Å². The molecule has 2 N–H and O–H groups in total. The van der Waals surface area contributed by atoms with Crippen LogP contribution in [0.25, 0.3) is 0 Å². The number of amides is 2. The number of carbonyl (C=O) groups excluding carboxylic acids is 1. The van der Waals surface area contributed by atoms with Gasteiger partial charge in [-0.25, -0.2) is 4.79 Å². The highest BCUT2D eigenvalue weighted by molar-refractivity contribution is 6.32. The Kier molecular flexibility index (Phi) is 4.75. The third-order valence-corrected chi connectivity index (χ3v) is 4.11. The average Bonchev–Trinajstić information content (AvgIpc) is 3.18. The molecule has 0 radical (unpaired) electrons. The van der Waals surface area contributed by atoms with Crippen molar-refractivity contribution >= 4 is 23.3 Å². The molecule has 0 unspecified atom stereocenters. The molecule has 9 heteroatoms. The summed E-state index contributed by atoms with van der Waals surface area (Å²) in [6.07, 6.45) is 1.99. The van der Waals surface area contributed by atoms with Gasteiger partial charge in [0.05, 0.1) is 31.5 Å². The number of rotatable bonds is 5. The molecule has 1 aliphatic rings. The van der Waals surface area contributed by atoms with Gasteiger partial charge < -0.3 is 24.7 Å². The number of fused-ring (bicyclic) bond motifs is 1. The molecule has 1 aliphatic heterocycles. The normalized spacial score (nSPS) is 12.6. The van der Waals surface area contributed by atoms with Gasteiger partial charge in [-0.2, -0.15) is 0 Å². The van der Waals surface area contributed by atoms with E-state index in [2.05, 4.69) is 20.8 Å². The van der Waals surface area contributed by atoms with Gasteiger partial charge in [-0.3, -0.25) is 0 Å². The van der Waals surface area contributed by atoms with E-state index in [4.69, 9.17) is 21.1 Å². The lowest BCUT2D eigenvalue weighted by atomic mass is 10.2. The predicted octanol–water partition coefficient (Wildman–Crippen LogP) is 2.22. The minimum absolute atomic E-state index is 0.297. The highest BCUT2D eigenvalue weighted by Gasteiger charge is 2.18. The SMILES string of the molecule is COc1cc(NC(=O)NCc2nnc3n2CCC3)c(OC)cc1Cl. The zero-order valence-electron chi connectivity index (χ0n) is 13.4. The standard InChI is InChI=1S/C15H18ClN5O3/c1-23-11-7-10(12(24-2)6-9(11)16)18-15(22)17-8-14-20-19-13-4-3-5-21(13)14/h6-7H,3-5,8H2,1-2H3,(H2,17,18,22). The van der Waals surface area contributed by atoms with E-state index >= 15 is 0 Å². The monoisotopic (exact) mass is 351 g/mol. The van der Waals surface area contributed by atoms with Crippen molar-refractivity contribution in [2.75, 3.05) is 19.5 Å². The van der Waals surface area contributed by atoms with Crippen LogP contribution in [-0.4, -0.2) is 35.0 Å². The van der Waals surface area contributed by atoms with Crippen molar-refractivity contribution in [3.8, 4) is 11.5 Å². The Morgan fingerprint density at radius 2 is 2.08 bits per heavy atom. The van der Waals surface area contributed by atoms with Crippen LogP contribution in [-0.2, 0) is 19.5 Å². The first-order valence-corrected chi connectivity index (χ1v) is 7.87. The van der Waals surface area contributed by atoms with Gasteiger partial charge in [0, 0.05) is 25.1 Å². The summed E-state index contributed by atoms with van der Waals surface area (Å²) in [5.74, 6) is 2.61. The molecule has 128 valence electrons. The molecular weight excluding hydrogens is 334 g/mol. The van der Waals surface area contributed by atoms with Gasteiger partial charge >= 0.3 is 6.03 Å². The lowest BCUT2D eigenvalue weighted by Gasteiger charge is -2.13. The molecule has 2 aromatic rings. The third kappa shape index (κ3) is 3.23. The predicted molar refractivity (Wildman–Crippen MR) is 88.8 cm³/mol. The highest BCUT2D eigenvalue weighted by atomic mass is 35.5. The van der Waals surface area contributed by atoms with Gasteiger partial charge in [0.25, 0.3) is 0 Å². The molecule has 2 amide bonds. The van der Waals surface area contributed by atoms with Crippen LogP contribution in [0, 0.1) is 0 Å². The van der Waals surface area contributed by atoms with Crippen LogP contribution in [0.15, 0.2) is 12.1 Å². The largest absolute Gasteiger partial charge is 0.495 e. The molecule has 0 atom stereocenters. The zero-order valence-corrected chi connectivity index (χ0v) is 14.2. The van der Waals surface area contributed by atoms with E-state index in [9.17, 15) is 4.79 Å². The fraction of sp³-hybridized carbons (Fsp3) is 0.400. The van der Waals surface area contributed by atoms with Gasteiger partial charge in [-0.15, -0.1) is 10.2 Å². The lowest BCUT2D eigenvalue weighted by Crippen LogP contribution is -2.29. The Bertz CT molecular complexity index is 762. The van der Waals surface area contributed by atoms with Crippen LogP contribution in [0.5, 0.6) is 11.5 Å². The van der Waals surface area contributed by atoms with Crippen LogP contribution in [0.1, 0.15) is 18.1 Å². The molecule has 0 spiro atoms. The van der Waals surface area contributed by atoms with Gasteiger partial charge in [-0.05, 0) is 6.42 Å². The number of aryl methyl sites for hydroxylation is 1. The number of hydrogen-bond acceptors (Lipinski definition) is 5. The summed E-state index contributed by atoms with van der Waals surface area (Å²) in [5.41, 5.74) is 0.461. The number of halogens is 1. The number of anilines is 1. The third-order valence-electron chi connectivity index (χ3n) is 3.82. The number of carbonyl (C=O) groups is 1. The number of urea groups is 1. The minimum Gasteiger partial charge on any atom is -0.495 e. The van der Waals surface area contributed by atoms with Crippen molar-refractivity contribution in [1.29, 1.82) is 0 Å². The quantitative estimate of drug-likeness (QED) is 0.862. The summed E-state index contributed by atoms with van der Waals surface area (Å²) < 4.78 is 12.4. The summed E-state index contributed by atoms with van der Waals surface area (Å²) in [4.78, 5) is 12.2. The van der Waals surface area contributed by atoms with Gasteiger partial charge in [0.15, 0.2) is 5.82 Å². The van der Waals surface area contributed by atoms with Crippen LogP contribution in [0.3, 0.4) is 0 Å². The Hall–Kier alpha value is -2.48. The van der Waals surface area contributed by atoms with E-state index in [0.29, 0.717) is 28.8 Å². The number of nitrogens with one attached hydrogen (secondary N) is 2. The van der Waals surface area contributed by atoms with E-state index in [1.165, 1.54) is 14.2 Å². The van der Waals surface area contributed by atoms with Crippen molar-refractivity contribution in [3.05, 3.63) is 28.8 Å².